The second kappa shape index (κ2) is 4.30. The van der Waals surface area contributed by atoms with Gasteiger partial charge in [-0.2, -0.15) is 0 Å². The van der Waals surface area contributed by atoms with Gasteiger partial charge in [0.15, 0.2) is 5.78 Å². The highest BCUT2D eigenvalue weighted by Gasteiger charge is 2.19. The van der Waals surface area contributed by atoms with E-state index in [2.05, 4.69) is 0 Å². The summed E-state index contributed by atoms with van der Waals surface area (Å²) in [6.45, 7) is 5.47. The van der Waals surface area contributed by atoms with Crippen molar-refractivity contribution in [2.45, 2.75) is 20.8 Å². The predicted molar refractivity (Wildman–Crippen MR) is 61.5 cm³/mol. The Kier molecular flexibility index (Phi) is 3.30. The molecule has 0 aliphatic carbocycles. The quantitative estimate of drug-likeness (QED) is 0.593. The molecule has 0 saturated heterocycles. The molecule has 0 aliphatic rings. The molecule has 1 aromatic rings. The summed E-state index contributed by atoms with van der Waals surface area (Å²) in [5.74, 6) is -0.0561. The van der Waals surface area contributed by atoms with E-state index in [4.69, 9.17) is 0 Å². The molecule has 0 fully saturated rings. The van der Waals surface area contributed by atoms with Crippen molar-refractivity contribution in [1.29, 1.82) is 0 Å². The van der Waals surface area contributed by atoms with Crippen molar-refractivity contribution in [3.05, 3.63) is 42.0 Å². The van der Waals surface area contributed by atoms with E-state index in [0.717, 1.165) is 0 Å². The minimum atomic E-state index is -0.456. The van der Waals surface area contributed by atoms with Crippen LogP contribution in [0.15, 0.2) is 36.4 Å². The van der Waals surface area contributed by atoms with Crippen LogP contribution in [0, 0.1) is 5.41 Å². The van der Waals surface area contributed by atoms with Gasteiger partial charge in [-0.3, -0.25) is 4.79 Å². The Labute approximate surface area is 90.3 Å². The van der Waals surface area contributed by atoms with Crippen molar-refractivity contribution in [3.63, 3.8) is 0 Å². The van der Waals surface area contributed by atoms with Crippen LogP contribution in [-0.4, -0.2) is 10.9 Å². The lowest BCUT2D eigenvalue weighted by Gasteiger charge is -2.13. The minimum absolute atomic E-state index is 0.0236. The molecular weight excluding hydrogens is 188 g/mol. The lowest BCUT2D eigenvalue weighted by atomic mass is 9.90. The predicted octanol–water partition coefficient (Wildman–Crippen LogP) is 3.20. The van der Waals surface area contributed by atoms with Gasteiger partial charge in [0.05, 0.1) is 0 Å². The molecule has 1 aromatic carbocycles. The highest BCUT2D eigenvalue weighted by atomic mass is 16.3. The van der Waals surface area contributed by atoms with Crippen LogP contribution in [-0.2, 0) is 4.79 Å². The molecule has 15 heavy (non-hydrogen) atoms. The SMILES string of the molecule is CC(C)(C)C(=O)/C=C(/O)c1ccccc1. The number of hydrogen-bond donors (Lipinski definition) is 1. The van der Waals surface area contributed by atoms with Crippen molar-refractivity contribution < 1.29 is 9.90 Å². The van der Waals surface area contributed by atoms with Crippen molar-refractivity contribution in [3.8, 4) is 0 Å². The molecule has 0 unspecified atom stereocenters. The van der Waals surface area contributed by atoms with Gasteiger partial charge in [-0.25, -0.2) is 0 Å². The smallest absolute Gasteiger partial charge is 0.164 e. The number of carbonyl (C=O) groups excluding carboxylic acids is 1. The van der Waals surface area contributed by atoms with Crippen molar-refractivity contribution >= 4 is 11.5 Å². The molecule has 1 rings (SSSR count). The van der Waals surface area contributed by atoms with E-state index in [-0.39, 0.29) is 11.5 Å². The molecule has 1 N–H and O–H groups in total. The number of aliphatic hydroxyl groups is 1. The van der Waals surface area contributed by atoms with Gasteiger partial charge < -0.3 is 5.11 Å². The standard InChI is InChI=1S/C13H16O2/c1-13(2,3)12(15)9-11(14)10-7-5-4-6-8-10/h4-9,14H,1-3H3/b11-9+. The highest BCUT2D eigenvalue weighted by molar-refractivity contribution is 5.98. The van der Waals surface area contributed by atoms with E-state index in [1.54, 1.807) is 12.1 Å². The molecule has 0 aliphatic heterocycles. The molecule has 0 atom stereocenters. The van der Waals surface area contributed by atoms with Crippen LogP contribution in [0.5, 0.6) is 0 Å². The molecule has 0 spiro atoms. The molecule has 2 heteroatoms. The molecule has 80 valence electrons. The fourth-order valence-corrected chi connectivity index (χ4v) is 1.03. The van der Waals surface area contributed by atoms with E-state index < -0.39 is 5.41 Å². The fourth-order valence-electron chi connectivity index (χ4n) is 1.03. The molecular formula is C13H16O2. The van der Waals surface area contributed by atoms with Crippen molar-refractivity contribution in [1.82, 2.24) is 0 Å². The number of hydrogen-bond acceptors (Lipinski definition) is 2. The Balaban J connectivity index is 2.91. The van der Waals surface area contributed by atoms with Crippen LogP contribution < -0.4 is 0 Å². The van der Waals surface area contributed by atoms with Gasteiger partial charge in [0.1, 0.15) is 5.76 Å². The number of allylic oxidation sites excluding steroid dienone is 1. The van der Waals surface area contributed by atoms with Crippen LogP contribution in [0.25, 0.3) is 5.76 Å². The van der Waals surface area contributed by atoms with E-state index in [1.165, 1.54) is 6.08 Å². The fraction of sp³-hybridized carbons (Fsp3) is 0.308. The zero-order valence-electron chi connectivity index (χ0n) is 9.32. The van der Waals surface area contributed by atoms with Crippen LogP contribution >= 0.6 is 0 Å². The molecule has 0 radical (unpaired) electrons. The lowest BCUT2D eigenvalue weighted by molar-refractivity contribution is -0.121. The zero-order valence-corrected chi connectivity index (χ0v) is 9.32. The van der Waals surface area contributed by atoms with Crippen molar-refractivity contribution in [2.24, 2.45) is 5.41 Å². The third-order valence-electron chi connectivity index (χ3n) is 2.08. The second-order valence-corrected chi connectivity index (χ2v) is 4.51. The first-order valence-corrected chi connectivity index (χ1v) is 4.92. The van der Waals surface area contributed by atoms with E-state index in [1.807, 2.05) is 39.0 Å². The van der Waals surface area contributed by atoms with Gasteiger partial charge in [0.25, 0.3) is 0 Å². The van der Waals surface area contributed by atoms with E-state index >= 15 is 0 Å². The van der Waals surface area contributed by atoms with Gasteiger partial charge in [0, 0.05) is 17.1 Å². The third-order valence-corrected chi connectivity index (χ3v) is 2.08. The summed E-state index contributed by atoms with van der Waals surface area (Å²) in [4.78, 5) is 11.6. The maximum Gasteiger partial charge on any atom is 0.164 e. The highest BCUT2D eigenvalue weighted by Crippen LogP contribution is 2.18. The first-order valence-electron chi connectivity index (χ1n) is 4.92. The lowest BCUT2D eigenvalue weighted by Crippen LogP contribution is -2.17. The van der Waals surface area contributed by atoms with Crippen molar-refractivity contribution in [2.75, 3.05) is 0 Å². The van der Waals surface area contributed by atoms with Gasteiger partial charge in [-0.05, 0) is 0 Å². The van der Waals surface area contributed by atoms with Crippen LogP contribution in [0.3, 0.4) is 0 Å². The first-order chi connectivity index (χ1) is 6.91. The average Bonchev–Trinajstić information content (AvgIpc) is 2.17. The minimum Gasteiger partial charge on any atom is -0.507 e. The molecule has 0 heterocycles. The van der Waals surface area contributed by atoms with Gasteiger partial charge in [-0.1, -0.05) is 51.1 Å². The summed E-state index contributed by atoms with van der Waals surface area (Å²) in [5, 5.41) is 9.69. The molecule has 0 saturated carbocycles. The number of carbonyl (C=O) groups is 1. The third kappa shape index (κ3) is 3.24. The molecule has 0 aromatic heterocycles. The average molecular weight is 204 g/mol. The number of ketones is 1. The maximum absolute atomic E-state index is 11.6. The largest absolute Gasteiger partial charge is 0.507 e. The Morgan fingerprint density at radius 2 is 1.73 bits per heavy atom. The number of rotatable bonds is 2. The normalized spacial score (nSPS) is 12.6. The summed E-state index contributed by atoms with van der Waals surface area (Å²) < 4.78 is 0. The van der Waals surface area contributed by atoms with Gasteiger partial charge in [0.2, 0.25) is 0 Å². The number of benzene rings is 1. The van der Waals surface area contributed by atoms with E-state index in [0.29, 0.717) is 5.56 Å². The summed E-state index contributed by atoms with van der Waals surface area (Å²) in [6, 6.07) is 9.04. The maximum atomic E-state index is 11.6. The van der Waals surface area contributed by atoms with Crippen LogP contribution in [0.1, 0.15) is 26.3 Å². The Morgan fingerprint density at radius 3 is 2.20 bits per heavy atom. The summed E-state index contributed by atoms with van der Waals surface area (Å²) in [5.41, 5.74) is 0.207. The Hall–Kier alpha value is -1.57. The molecule has 0 bridgehead atoms. The number of aliphatic hydroxyl groups excluding tert-OH is 1. The first kappa shape index (κ1) is 11.5. The topological polar surface area (TPSA) is 37.3 Å². The Morgan fingerprint density at radius 1 is 1.20 bits per heavy atom. The summed E-state index contributed by atoms with van der Waals surface area (Å²) in [7, 11) is 0. The second-order valence-electron chi connectivity index (χ2n) is 4.51. The van der Waals surface area contributed by atoms with Crippen LogP contribution in [0.4, 0.5) is 0 Å². The zero-order chi connectivity index (χ0) is 11.5. The Bertz CT molecular complexity index is 369. The van der Waals surface area contributed by atoms with E-state index in [9.17, 15) is 9.90 Å². The monoisotopic (exact) mass is 204 g/mol. The summed E-state index contributed by atoms with van der Waals surface area (Å²) >= 11 is 0. The van der Waals surface area contributed by atoms with Gasteiger partial charge >= 0.3 is 0 Å². The molecule has 0 amide bonds. The van der Waals surface area contributed by atoms with Crippen LogP contribution in [0.2, 0.25) is 0 Å². The molecule has 2 nitrogen and oxygen atoms in total. The summed E-state index contributed by atoms with van der Waals surface area (Å²) in [6.07, 6.45) is 1.29. The van der Waals surface area contributed by atoms with Gasteiger partial charge in [-0.15, -0.1) is 0 Å².